The Balaban J connectivity index is 2.21. The van der Waals surface area contributed by atoms with Crippen LogP contribution in [0.25, 0.3) is 0 Å². The van der Waals surface area contributed by atoms with Crippen LogP contribution in [0.1, 0.15) is 39.2 Å². The number of carboxylic acid groups (broad SMARTS) is 1. The van der Waals surface area contributed by atoms with Crippen LogP contribution >= 0.6 is 0 Å². The van der Waals surface area contributed by atoms with Crippen molar-refractivity contribution in [3.05, 3.63) is 23.9 Å². The number of nitriles is 1. The van der Waals surface area contributed by atoms with Gasteiger partial charge >= 0.3 is 6.09 Å². The van der Waals surface area contributed by atoms with E-state index < -0.39 is 11.6 Å². The summed E-state index contributed by atoms with van der Waals surface area (Å²) in [5, 5.41) is 21.6. The van der Waals surface area contributed by atoms with Gasteiger partial charge in [0.05, 0.1) is 11.1 Å². The zero-order valence-corrected chi connectivity index (χ0v) is 13.3. The van der Waals surface area contributed by atoms with Crippen LogP contribution in [0.5, 0.6) is 0 Å². The molecule has 1 atom stereocenters. The van der Waals surface area contributed by atoms with Crippen molar-refractivity contribution < 1.29 is 9.90 Å². The van der Waals surface area contributed by atoms with Crippen molar-refractivity contribution in [2.75, 3.05) is 18.4 Å². The number of hydrogen-bond donors (Lipinski definition) is 2. The third-order valence-corrected chi connectivity index (χ3v) is 4.57. The molecule has 1 aliphatic rings. The summed E-state index contributed by atoms with van der Waals surface area (Å²) in [7, 11) is 0. The van der Waals surface area contributed by atoms with Gasteiger partial charge in [-0.2, -0.15) is 5.26 Å². The highest BCUT2D eigenvalue weighted by atomic mass is 16.4. The summed E-state index contributed by atoms with van der Waals surface area (Å²) in [5.41, 5.74) is -0.153. The molecule has 6 heteroatoms. The number of carbonyl (C=O) groups is 1. The summed E-state index contributed by atoms with van der Waals surface area (Å²) >= 11 is 0. The number of nitrogens with zero attached hydrogens (tertiary/aromatic N) is 3. The lowest BCUT2D eigenvalue weighted by atomic mass is 9.71. The van der Waals surface area contributed by atoms with Crippen molar-refractivity contribution in [2.24, 2.45) is 5.41 Å². The Labute approximate surface area is 130 Å². The topological polar surface area (TPSA) is 89.3 Å². The lowest BCUT2D eigenvalue weighted by Crippen LogP contribution is -2.59. The molecule has 1 aliphatic heterocycles. The average molecular weight is 302 g/mol. The van der Waals surface area contributed by atoms with E-state index in [1.54, 1.807) is 17.0 Å². The molecule has 22 heavy (non-hydrogen) atoms. The second kappa shape index (κ2) is 5.84. The monoisotopic (exact) mass is 302 g/mol. The van der Waals surface area contributed by atoms with Gasteiger partial charge in [-0.25, -0.2) is 9.78 Å². The van der Waals surface area contributed by atoms with E-state index in [0.717, 1.165) is 12.8 Å². The van der Waals surface area contributed by atoms with E-state index in [-0.39, 0.29) is 5.41 Å². The van der Waals surface area contributed by atoms with Crippen LogP contribution in [-0.2, 0) is 0 Å². The van der Waals surface area contributed by atoms with Crippen LogP contribution in [0.2, 0.25) is 0 Å². The second-order valence-corrected chi connectivity index (χ2v) is 6.72. The van der Waals surface area contributed by atoms with E-state index in [4.69, 9.17) is 5.26 Å². The lowest BCUT2D eigenvalue weighted by molar-refractivity contribution is 0.0399. The molecule has 2 heterocycles. The Hall–Kier alpha value is -2.29. The number of rotatable bonds is 3. The molecular formula is C16H22N4O2. The molecule has 6 nitrogen and oxygen atoms in total. The van der Waals surface area contributed by atoms with E-state index in [1.807, 2.05) is 6.07 Å². The van der Waals surface area contributed by atoms with Gasteiger partial charge in [0.1, 0.15) is 11.9 Å². The minimum Gasteiger partial charge on any atom is -0.465 e. The zero-order chi connectivity index (χ0) is 16.4. The third-order valence-electron chi connectivity index (χ3n) is 4.57. The largest absolute Gasteiger partial charge is 0.465 e. The number of anilines is 1. The average Bonchev–Trinajstić information content (AvgIpc) is 2.91. The normalized spacial score (nSPS) is 21.5. The Kier molecular flexibility index (Phi) is 4.27. The summed E-state index contributed by atoms with van der Waals surface area (Å²) in [6.45, 7) is 7.28. The first-order valence-corrected chi connectivity index (χ1v) is 7.41. The molecule has 2 rings (SSSR count). The van der Waals surface area contributed by atoms with E-state index >= 15 is 0 Å². The molecule has 1 aromatic rings. The molecule has 0 bridgehead atoms. The van der Waals surface area contributed by atoms with Crippen LogP contribution in [-0.4, -0.2) is 39.7 Å². The molecule has 0 radical (unpaired) electrons. The van der Waals surface area contributed by atoms with Crippen molar-refractivity contribution in [2.45, 2.75) is 39.2 Å². The summed E-state index contributed by atoms with van der Waals surface area (Å²) < 4.78 is 0. The van der Waals surface area contributed by atoms with E-state index in [9.17, 15) is 9.90 Å². The maximum Gasteiger partial charge on any atom is 0.407 e. The molecule has 1 aromatic heterocycles. The molecule has 118 valence electrons. The summed E-state index contributed by atoms with van der Waals surface area (Å²) in [6.07, 6.45) is 2.33. The highest BCUT2D eigenvalue weighted by molar-refractivity contribution is 5.67. The molecule has 1 amide bonds. The van der Waals surface area contributed by atoms with E-state index in [1.165, 1.54) is 6.20 Å². The van der Waals surface area contributed by atoms with Gasteiger partial charge in [0.15, 0.2) is 0 Å². The minimum atomic E-state index is -0.873. The number of pyridine rings is 1. The number of nitrogens with one attached hydrogen (secondary N) is 1. The highest BCUT2D eigenvalue weighted by Crippen LogP contribution is 2.43. The standard InChI is InChI=1S/C16H22N4O2/c1-15(2,3)16(7-4-8-20(16)14(21)22)11-19-13-6-5-12(9-17)10-18-13/h5-6,10H,4,7-8,11H2,1-3H3,(H,18,19)(H,21,22). The molecule has 0 saturated carbocycles. The van der Waals surface area contributed by atoms with Crippen LogP contribution < -0.4 is 5.32 Å². The number of aromatic nitrogens is 1. The summed E-state index contributed by atoms with van der Waals surface area (Å²) in [6, 6.07) is 5.47. The number of hydrogen-bond acceptors (Lipinski definition) is 4. The SMILES string of the molecule is CC(C)(C)C1(CNc2ccc(C#N)cn2)CCCN1C(=O)O. The zero-order valence-electron chi connectivity index (χ0n) is 13.3. The number of likely N-dealkylation sites (tertiary alicyclic amines) is 1. The molecule has 1 saturated heterocycles. The van der Waals surface area contributed by atoms with Gasteiger partial charge < -0.3 is 15.3 Å². The van der Waals surface area contributed by atoms with Gasteiger partial charge in [-0.05, 0) is 30.4 Å². The molecule has 0 aliphatic carbocycles. The smallest absolute Gasteiger partial charge is 0.407 e. The first kappa shape index (κ1) is 16.1. The fourth-order valence-corrected chi connectivity index (χ4v) is 3.19. The van der Waals surface area contributed by atoms with Gasteiger partial charge in [-0.3, -0.25) is 0 Å². The van der Waals surface area contributed by atoms with Crippen molar-refractivity contribution in [1.82, 2.24) is 9.88 Å². The summed E-state index contributed by atoms with van der Waals surface area (Å²) in [5.74, 6) is 0.653. The predicted octanol–water partition coefficient (Wildman–Crippen LogP) is 2.92. The van der Waals surface area contributed by atoms with Gasteiger partial charge in [-0.15, -0.1) is 0 Å². The van der Waals surface area contributed by atoms with E-state index in [2.05, 4.69) is 31.1 Å². The van der Waals surface area contributed by atoms with Crippen LogP contribution in [0.3, 0.4) is 0 Å². The van der Waals surface area contributed by atoms with Crippen LogP contribution in [0.4, 0.5) is 10.6 Å². The third kappa shape index (κ3) is 2.84. The second-order valence-electron chi connectivity index (χ2n) is 6.72. The van der Waals surface area contributed by atoms with Gasteiger partial charge in [0.2, 0.25) is 0 Å². The predicted molar refractivity (Wildman–Crippen MR) is 83.6 cm³/mol. The molecule has 1 unspecified atom stereocenters. The fraction of sp³-hybridized carbons (Fsp3) is 0.562. The Morgan fingerprint density at radius 3 is 2.77 bits per heavy atom. The van der Waals surface area contributed by atoms with Crippen molar-refractivity contribution >= 4 is 11.9 Å². The summed E-state index contributed by atoms with van der Waals surface area (Å²) in [4.78, 5) is 17.4. The molecule has 0 spiro atoms. The molecule has 0 aromatic carbocycles. The quantitative estimate of drug-likeness (QED) is 0.896. The lowest BCUT2D eigenvalue weighted by Gasteiger charge is -2.47. The van der Waals surface area contributed by atoms with Crippen molar-refractivity contribution in [3.63, 3.8) is 0 Å². The molecular weight excluding hydrogens is 280 g/mol. The molecule has 1 fully saturated rings. The Morgan fingerprint density at radius 1 is 1.55 bits per heavy atom. The minimum absolute atomic E-state index is 0.193. The Morgan fingerprint density at radius 2 is 2.27 bits per heavy atom. The maximum atomic E-state index is 11.6. The highest BCUT2D eigenvalue weighted by Gasteiger charge is 2.51. The van der Waals surface area contributed by atoms with E-state index in [0.29, 0.717) is 24.5 Å². The Bertz CT molecular complexity index is 586. The number of amides is 1. The van der Waals surface area contributed by atoms with Crippen molar-refractivity contribution in [3.8, 4) is 6.07 Å². The van der Waals surface area contributed by atoms with Gasteiger partial charge in [0.25, 0.3) is 0 Å². The van der Waals surface area contributed by atoms with Crippen molar-refractivity contribution in [1.29, 1.82) is 5.26 Å². The van der Waals surface area contributed by atoms with Crippen LogP contribution in [0, 0.1) is 16.7 Å². The van der Waals surface area contributed by atoms with Crippen LogP contribution in [0.15, 0.2) is 18.3 Å². The fourth-order valence-electron chi connectivity index (χ4n) is 3.19. The molecule has 2 N–H and O–H groups in total. The van der Waals surface area contributed by atoms with Gasteiger partial charge in [-0.1, -0.05) is 20.8 Å². The maximum absolute atomic E-state index is 11.6. The van der Waals surface area contributed by atoms with Gasteiger partial charge in [0, 0.05) is 19.3 Å². The first-order chi connectivity index (χ1) is 10.3. The first-order valence-electron chi connectivity index (χ1n) is 7.41.